The molecule has 1 aromatic carbocycles. The van der Waals surface area contributed by atoms with Crippen molar-refractivity contribution in [3.63, 3.8) is 0 Å². The lowest BCUT2D eigenvalue weighted by Crippen LogP contribution is -2.50. The molecule has 0 aliphatic carbocycles. The predicted octanol–water partition coefficient (Wildman–Crippen LogP) is 2.97. The van der Waals surface area contributed by atoms with Crippen molar-refractivity contribution < 1.29 is 13.2 Å². The second-order valence-electron chi connectivity index (χ2n) is 5.63. The first-order valence-corrected chi connectivity index (χ1v) is 9.89. The molecule has 1 atom stereocenters. The Morgan fingerprint density at radius 2 is 1.92 bits per heavy atom. The molecule has 0 radical (unpaired) electrons. The second kappa shape index (κ2) is 7.68. The van der Waals surface area contributed by atoms with Crippen LogP contribution in [0.25, 0.3) is 0 Å². The summed E-state index contributed by atoms with van der Waals surface area (Å²) >= 11 is 16.7. The minimum absolute atomic E-state index is 0.0278. The van der Waals surface area contributed by atoms with Crippen molar-refractivity contribution in [1.29, 1.82) is 0 Å². The Morgan fingerprint density at radius 1 is 1.32 bits per heavy atom. The highest BCUT2D eigenvalue weighted by molar-refractivity contribution is 7.89. The molecule has 1 heterocycles. The maximum absolute atomic E-state index is 12.9. The number of carbonyl (C=O) groups is 1. The van der Waals surface area contributed by atoms with Crippen molar-refractivity contribution in [3.8, 4) is 0 Å². The number of benzene rings is 1. The van der Waals surface area contributed by atoms with Gasteiger partial charge >= 0.3 is 0 Å². The minimum Gasteiger partial charge on any atom is -0.345 e. The number of sulfonamides is 1. The lowest BCUT2D eigenvalue weighted by molar-refractivity contribution is -0.120. The topological polar surface area (TPSA) is 66.5 Å². The van der Waals surface area contributed by atoms with Crippen LogP contribution in [0, 0.1) is 6.92 Å². The molecule has 25 heavy (non-hydrogen) atoms. The highest BCUT2D eigenvalue weighted by Gasteiger charge is 2.35. The van der Waals surface area contributed by atoms with Crippen LogP contribution in [-0.2, 0) is 14.8 Å². The van der Waals surface area contributed by atoms with Gasteiger partial charge in [-0.3, -0.25) is 4.79 Å². The molecule has 1 amide bonds. The molecule has 136 valence electrons. The van der Waals surface area contributed by atoms with Crippen molar-refractivity contribution in [2.75, 3.05) is 13.1 Å². The molecule has 1 aliphatic rings. The first kappa shape index (κ1) is 20.3. The number of hydrogen-bond acceptors (Lipinski definition) is 3. The molecule has 2 rings (SSSR count). The van der Waals surface area contributed by atoms with E-state index in [1.54, 1.807) is 30.3 Å². The Balaban J connectivity index is 2.27. The average molecular weight is 424 g/mol. The van der Waals surface area contributed by atoms with Gasteiger partial charge in [0.25, 0.3) is 9.70 Å². The third-order valence-corrected chi connectivity index (χ3v) is 6.01. The fourth-order valence-electron chi connectivity index (χ4n) is 2.36. The zero-order chi connectivity index (χ0) is 18.8. The van der Waals surface area contributed by atoms with Gasteiger partial charge in [-0.2, -0.15) is 4.31 Å². The second-order valence-corrected chi connectivity index (χ2v) is 9.85. The van der Waals surface area contributed by atoms with Crippen molar-refractivity contribution in [2.45, 2.75) is 21.7 Å². The zero-order valence-corrected chi connectivity index (χ0v) is 16.5. The van der Waals surface area contributed by atoms with E-state index in [-0.39, 0.29) is 18.0 Å². The number of amides is 1. The minimum atomic E-state index is -3.73. The first-order valence-electron chi connectivity index (χ1n) is 7.31. The lowest BCUT2D eigenvalue weighted by atomic mass is 10.1. The maximum atomic E-state index is 12.9. The summed E-state index contributed by atoms with van der Waals surface area (Å²) in [7, 11) is -3.73. The van der Waals surface area contributed by atoms with Gasteiger partial charge in [-0.15, -0.1) is 0 Å². The SMILES string of the molecule is C=CC1=CC(NC(=O)C(Cl)(Cl)Cl)CN(S(=O)(=O)c2ccc(C)cc2)C1. The van der Waals surface area contributed by atoms with Crippen molar-refractivity contribution in [1.82, 2.24) is 9.62 Å². The van der Waals surface area contributed by atoms with E-state index < -0.39 is 25.8 Å². The summed E-state index contributed by atoms with van der Waals surface area (Å²) in [4.78, 5) is 12.0. The maximum Gasteiger partial charge on any atom is 0.272 e. The van der Waals surface area contributed by atoms with Crippen LogP contribution >= 0.6 is 34.8 Å². The summed E-state index contributed by atoms with van der Waals surface area (Å²) in [6.07, 6.45) is 3.23. The summed E-state index contributed by atoms with van der Waals surface area (Å²) in [5, 5.41) is 2.52. The molecule has 0 fully saturated rings. The van der Waals surface area contributed by atoms with E-state index in [2.05, 4.69) is 11.9 Å². The van der Waals surface area contributed by atoms with Crippen LogP contribution in [0.15, 0.2) is 53.5 Å². The van der Waals surface area contributed by atoms with Crippen molar-refractivity contribution in [2.24, 2.45) is 0 Å². The molecule has 1 unspecified atom stereocenters. The molecule has 9 heteroatoms. The summed E-state index contributed by atoms with van der Waals surface area (Å²) < 4.78 is 24.9. The third kappa shape index (κ3) is 4.99. The van der Waals surface area contributed by atoms with E-state index in [0.717, 1.165) is 5.56 Å². The van der Waals surface area contributed by atoms with Crippen molar-refractivity contribution in [3.05, 3.63) is 54.1 Å². The molecule has 5 nitrogen and oxygen atoms in total. The van der Waals surface area contributed by atoms with Gasteiger partial charge in [0.2, 0.25) is 10.0 Å². The van der Waals surface area contributed by atoms with E-state index in [4.69, 9.17) is 34.8 Å². The first-order chi connectivity index (χ1) is 11.5. The summed E-state index contributed by atoms with van der Waals surface area (Å²) in [6.45, 7) is 5.72. The molecule has 1 aliphatic heterocycles. The van der Waals surface area contributed by atoms with Crippen LogP contribution < -0.4 is 5.32 Å². The Labute approximate surface area is 162 Å². The number of rotatable bonds is 4. The fraction of sp³-hybridized carbons (Fsp3) is 0.312. The van der Waals surface area contributed by atoms with Crippen LogP contribution in [0.5, 0.6) is 0 Å². The monoisotopic (exact) mass is 422 g/mol. The molecule has 0 saturated heterocycles. The standard InChI is InChI=1S/C16H17Cl3N2O3S/c1-3-12-8-13(20-15(22)16(17,18)19)10-21(9-12)25(23,24)14-6-4-11(2)5-7-14/h3-8,13H,1,9-10H2,2H3,(H,20,22). The number of carbonyl (C=O) groups excluding carboxylic acids is 1. The molecule has 0 aromatic heterocycles. The fourth-order valence-corrected chi connectivity index (χ4v) is 3.98. The van der Waals surface area contributed by atoms with Gasteiger partial charge in [0.15, 0.2) is 0 Å². The van der Waals surface area contributed by atoms with Crippen LogP contribution in [0.1, 0.15) is 5.56 Å². The van der Waals surface area contributed by atoms with E-state index in [0.29, 0.717) is 5.57 Å². The zero-order valence-electron chi connectivity index (χ0n) is 13.4. The smallest absolute Gasteiger partial charge is 0.272 e. The van der Waals surface area contributed by atoms with Gasteiger partial charge in [0, 0.05) is 13.1 Å². The number of aryl methyl sites for hydroxylation is 1. The highest BCUT2D eigenvalue weighted by atomic mass is 35.6. The van der Waals surface area contributed by atoms with Gasteiger partial charge in [-0.1, -0.05) is 71.2 Å². The Hall–Kier alpha value is -1.05. The number of hydrogen-bond donors (Lipinski definition) is 1. The predicted molar refractivity (Wildman–Crippen MR) is 100 cm³/mol. The van der Waals surface area contributed by atoms with Crippen LogP contribution in [0.3, 0.4) is 0 Å². The Bertz CT molecular complexity index is 799. The molecular formula is C16H17Cl3N2O3S. The van der Waals surface area contributed by atoms with Crippen LogP contribution in [-0.4, -0.2) is 41.6 Å². The molecule has 0 bridgehead atoms. The summed E-state index contributed by atoms with van der Waals surface area (Å²) in [5.41, 5.74) is 1.61. The summed E-state index contributed by atoms with van der Waals surface area (Å²) in [5.74, 6) is -0.822. The van der Waals surface area contributed by atoms with Crippen LogP contribution in [0.4, 0.5) is 0 Å². The van der Waals surface area contributed by atoms with E-state index >= 15 is 0 Å². The molecule has 1 N–H and O–H groups in total. The van der Waals surface area contributed by atoms with E-state index in [1.807, 2.05) is 6.92 Å². The molecule has 1 aromatic rings. The number of nitrogens with one attached hydrogen (secondary N) is 1. The highest BCUT2D eigenvalue weighted by Crippen LogP contribution is 2.27. The number of alkyl halides is 3. The van der Waals surface area contributed by atoms with E-state index in [9.17, 15) is 13.2 Å². The summed E-state index contributed by atoms with van der Waals surface area (Å²) in [6, 6.07) is 5.91. The number of nitrogens with zero attached hydrogens (tertiary/aromatic N) is 1. The van der Waals surface area contributed by atoms with Gasteiger partial charge in [-0.25, -0.2) is 8.42 Å². The van der Waals surface area contributed by atoms with Gasteiger partial charge in [-0.05, 0) is 24.6 Å². The lowest BCUT2D eigenvalue weighted by Gasteiger charge is -2.31. The van der Waals surface area contributed by atoms with Gasteiger partial charge < -0.3 is 5.32 Å². The Morgan fingerprint density at radius 3 is 2.44 bits per heavy atom. The average Bonchev–Trinajstić information content (AvgIpc) is 2.54. The molecular weight excluding hydrogens is 407 g/mol. The molecule has 0 saturated carbocycles. The van der Waals surface area contributed by atoms with Gasteiger partial charge in [0.05, 0.1) is 10.9 Å². The van der Waals surface area contributed by atoms with Crippen LogP contribution in [0.2, 0.25) is 0 Å². The Kier molecular flexibility index (Phi) is 6.22. The third-order valence-electron chi connectivity index (χ3n) is 3.67. The number of halogens is 3. The van der Waals surface area contributed by atoms with Crippen molar-refractivity contribution >= 4 is 50.7 Å². The quantitative estimate of drug-likeness (QED) is 0.757. The molecule has 0 spiro atoms. The normalized spacial score (nSPS) is 19.2. The van der Waals surface area contributed by atoms with E-state index in [1.165, 1.54) is 10.4 Å². The largest absolute Gasteiger partial charge is 0.345 e. The van der Waals surface area contributed by atoms with Gasteiger partial charge in [0.1, 0.15) is 0 Å².